The number of nitrogens with zero attached hydrogens (tertiary/aromatic N) is 1. The number of alkyl halides is 3. The maximum atomic E-state index is 10.8. The van der Waals surface area contributed by atoms with Gasteiger partial charge < -0.3 is 9.04 Å². The number of hydrogen-bond acceptors (Lipinski definition) is 4. The van der Waals surface area contributed by atoms with Crippen molar-refractivity contribution in [1.82, 2.24) is 0 Å². The largest absolute Gasteiger partial charge is 0.725 e. The van der Waals surface area contributed by atoms with E-state index in [1.807, 2.05) is 4.18 Å². The summed E-state index contributed by atoms with van der Waals surface area (Å²) in [7, 11) is -3.25. The quantitative estimate of drug-likeness (QED) is 0.453. The molecule has 19 heavy (non-hydrogen) atoms. The molecule has 1 rings (SSSR count). The minimum absolute atomic E-state index is 1.36. The normalized spacial score (nSPS) is 18.8. The van der Waals surface area contributed by atoms with Crippen LogP contribution < -0.4 is 0 Å². The Labute approximate surface area is 111 Å². The minimum atomic E-state index is -5.66. The molecule has 1 aliphatic heterocycles. The number of halogens is 3. The van der Waals surface area contributed by atoms with Gasteiger partial charge in [-0.15, -0.1) is 13.2 Å². The molecule has 0 bridgehead atoms. The molecule has 1 saturated heterocycles. The topological polar surface area (TPSA) is 66.4 Å². The van der Waals surface area contributed by atoms with Gasteiger partial charge in [-0.3, -0.25) is 0 Å². The number of likely N-dealkylation sites (tertiary alicyclic amines) is 1. The molecule has 1 aliphatic rings. The van der Waals surface area contributed by atoms with Crippen LogP contribution in [0.1, 0.15) is 32.6 Å². The molecule has 116 valence electrons. The average Bonchev–Trinajstić information content (AvgIpc) is 2.58. The van der Waals surface area contributed by atoms with Gasteiger partial charge in [0, 0.05) is 12.8 Å². The lowest BCUT2D eigenvalue weighted by molar-refractivity contribution is -0.897. The Bertz CT molecular complexity index is 350. The summed E-state index contributed by atoms with van der Waals surface area (Å²) in [5.74, 6) is 0. The van der Waals surface area contributed by atoms with Gasteiger partial charge in [0.05, 0.1) is 26.7 Å². The molecule has 1 fully saturated rings. The Hall–Kier alpha value is -0.380. The van der Waals surface area contributed by atoms with Crippen molar-refractivity contribution in [2.24, 2.45) is 0 Å². The van der Waals surface area contributed by atoms with Crippen LogP contribution in [-0.4, -0.2) is 50.5 Å². The third-order valence-corrected chi connectivity index (χ3v) is 3.29. The van der Waals surface area contributed by atoms with E-state index in [-0.39, 0.29) is 0 Å². The number of unbranched alkanes of at least 4 members (excludes halogenated alkanes) is 1. The number of rotatable bonds is 4. The predicted molar refractivity (Wildman–Crippen MR) is 61.8 cm³/mol. The summed E-state index contributed by atoms with van der Waals surface area (Å²) in [6, 6.07) is 0. The van der Waals surface area contributed by atoms with Crippen LogP contribution in [-0.2, 0) is 14.6 Å². The van der Waals surface area contributed by atoms with Crippen LogP contribution in [0.3, 0.4) is 0 Å². The van der Waals surface area contributed by atoms with Gasteiger partial charge in [-0.25, -0.2) is 8.42 Å². The van der Waals surface area contributed by atoms with Crippen molar-refractivity contribution in [3.8, 4) is 0 Å². The number of hydrogen-bond donors (Lipinski definition) is 0. The molecule has 0 aromatic heterocycles. The molecule has 0 spiro atoms. The van der Waals surface area contributed by atoms with E-state index in [4.69, 9.17) is 13.0 Å². The molecule has 0 saturated carbocycles. The highest BCUT2D eigenvalue weighted by atomic mass is 32.3. The fraction of sp³-hybridized carbons (Fsp3) is 1.00. The van der Waals surface area contributed by atoms with E-state index in [0.717, 1.165) is 0 Å². The monoisotopic (exact) mass is 307 g/mol. The van der Waals surface area contributed by atoms with E-state index in [1.54, 1.807) is 0 Å². The molecule has 0 aliphatic carbocycles. The zero-order valence-electron chi connectivity index (χ0n) is 11.1. The fourth-order valence-corrected chi connectivity index (χ4v) is 2.21. The van der Waals surface area contributed by atoms with Crippen LogP contribution in [0, 0.1) is 0 Å². The first-order valence-corrected chi connectivity index (χ1v) is 7.37. The molecule has 0 aromatic carbocycles. The Morgan fingerprint density at radius 2 is 1.74 bits per heavy atom. The van der Waals surface area contributed by atoms with Gasteiger partial charge in [-0.2, -0.15) is 4.18 Å². The van der Waals surface area contributed by atoms with Crippen molar-refractivity contribution in [3.63, 3.8) is 0 Å². The maximum absolute atomic E-state index is 10.8. The molecule has 0 N–H and O–H groups in total. The van der Waals surface area contributed by atoms with Crippen molar-refractivity contribution < 1.29 is 34.8 Å². The van der Waals surface area contributed by atoms with E-state index in [0.29, 0.717) is 0 Å². The molecule has 0 unspecified atom stereocenters. The third kappa shape index (κ3) is 11.2. The summed E-state index contributed by atoms with van der Waals surface area (Å²) in [6.45, 7) is 6.55. The summed E-state index contributed by atoms with van der Waals surface area (Å²) < 4.78 is 63.1. The summed E-state index contributed by atoms with van der Waals surface area (Å²) in [4.78, 5) is 0. The lowest BCUT2D eigenvalue weighted by atomic mass is 10.3. The van der Waals surface area contributed by atoms with Gasteiger partial charge >= 0.3 is 6.36 Å². The molecule has 0 radical (unpaired) electrons. The second-order valence-electron chi connectivity index (χ2n) is 4.79. The van der Waals surface area contributed by atoms with Crippen LogP contribution in [0.4, 0.5) is 13.2 Å². The van der Waals surface area contributed by atoms with E-state index < -0.39 is 16.8 Å². The Balaban J connectivity index is 0.000000344. The lowest BCUT2D eigenvalue weighted by Gasteiger charge is -2.28. The van der Waals surface area contributed by atoms with Gasteiger partial charge in [-0.1, -0.05) is 13.3 Å². The molecule has 5 nitrogen and oxygen atoms in total. The minimum Gasteiger partial charge on any atom is -0.725 e. The summed E-state index contributed by atoms with van der Waals surface area (Å²) in [5.41, 5.74) is 0. The molecular weight excluding hydrogens is 287 g/mol. The first kappa shape index (κ1) is 18.6. The molecule has 1 heterocycles. The van der Waals surface area contributed by atoms with Crippen LogP contribution >= 0.6 is 0 Å². The molecule has 0 amide bonds. The molecule has 0 aromatic rings. The first-order valence-electron chi connectivity index (χ1n) is 6.04. The van der Waals surface area contributed by atoms with Crippen molar-refractivity contribution >= 4 is 10.4 Å². The van der Waals surface area contributed by atoms with Gasteiger partial charge in [-0.05, 0) is 6.42 Å². The summed E-state index contributed by atoms with van der Waals surface area (Å²) in [6.07, 6.45) is 0.269. The highest BCUT2D eigenvalue weighted by Gasteiger charge is 2.32. The lowest BCUT2D eigenvalue weighted by Crippen LogP contribution is -2.41. The summed E-state index contributed by atoms with van der Waals surface area (Å²) in [5, 5.41) is 0. The van der Waals surface area contributed by atoms with Crippen LogP contribution in [0.5, 0.6) is 0 Å². The highest BCUT2D eigenvalue weighted by Crippen LogP contribution is 2.18. The van der Waals surface area contributed by atoms with E-state index in [9.17, 15) is 13.2 Å². The number of quaternary nitrogens is 1. The van der Waals surface area contributed by atoms with Crippen molar-refractivity contribution in [3.05, 3.63) is 0 Å². The Morgan fingerprint density at radius 1 is 1.26 bits per heavy atom. The van der Waals surface area contributed by atoms with Crippen LogP contribution in [0.2, 0.25) is 0 Å². The second kappa shape index (κ2) is 7.41. The first-order chi connectivity index (χ1) is 8.47. The van der Waals surface area contributed by atoms with Gasteiger partial charge in [0.2, 0.25) is 10.4 Å². The third-order valence-electron chi connectivity index (χ3n) is 2.89. The molecule has 0 atom stereocenters. The highest BCUT2D eigenvalue weighted by molar-refractivity contribution is 7.80. The van der Waals surface area contributed by atoms with Crippen molar-refractivity contribution in [1.29, 1.82) is 0 Å². The van der Waals surface area contributed by atoms with E-state index in [1.165, 1.54) is 49.8 Å². The zero-order chi connectivity index (χ0) is 15.2. The fourth-order valence-electron chi connectivity index (χ4n) is 1.98. The smallest absolute Gasteiger partial charge is 0.536 e. The van der Waals surface area contributed by atoms with Crippen molar-refractivity contribution in [2.45, 2.75) is 39.0 Å². The average molecular weight is 307 g/mol. The zero-order valence-corrected chi connectivity index (χ0v) is 11.9. The molecule has 9 heteroatoms. The van der Waals surface area contributed by atoms with Crippen LogP contribution in [0.15, 0.2) is 0 Å². The SMILES string of the molecule is CCCC[N+]1(C)CCCC1.O=S(=O)([O-])OC(F)(F)F. The summed E-state index contributed by atoms with van der Waals surface area (Å²) >= 11 is 0. The van der Waals surface area contributed by atoms with E-state index >= 15 is 0 Å². The standard InChI is InChI=1S/C9H20N.CHF3O4S/c1-3-4-7-10(2)8-5-6-9-10;2-1(3,4)8-9(5,6)7/h3-9H2,1-2H3;(H,5,6,7)/q+1;/p-1. The Morgan fingerprint density at radius 3 is 2.00 bits per heavy atom. The van der Waals surface area contributed by atoms with E-state index in [2.05, 4.69) is 14.0 Å². The second-order valence-corrected chi connectivity index (χ2v) is 5.77. The predicted octanol–water partition coefficient (Wildman–Crippen LogP) is 2.01. The molecular formula is C10H20F3NO4S. The van der Waals surface area contributed by atoms with Gasteiger partial charge in [0.25, 0.3) is 0 Å². The maximum Gasteiger partial charge on any atom is 0.536 e. The van der Waals surface area contributed by atoms with Crippen molar-refractivity contribution in [2.75, 3.05) is 26.7 Å². The van der Waals surface area contributed by atoms with Crippen LogP contribution in [0.25, 0.3) is 0 Å². The Kier molecular flexibility index (Phi) is 7.27. The van der Waals surface area contributed by atoms with Gasteiger partial charge in [0.1, 0.15) is 0 Å². The van der Waals surface area contributed by atoms with Gasteiger partial charge in [0.15, 0.2) is 0 Å².